The zero-order valence-corrected chi connectivity index (χ0v) is 14.5. The Morgan fingerprint density at radius 1 is 1.12 bits per heavy atom. The molecule has 0 aliphatic rings. The molecule has 0 amide bonds. The van der Waals surface area contributed by atoms with E-state index in [2.05, 4.69) is 24.3 Å². The second-order valence-corrected chi connectivity index (χ2v) is 6.03. The lowest BCUT2D eigenvalue weighted by atomic mass is 10.2. The molecule has 6 heteroatoms. The van der Waals surface area contributed by atoms with Gasteiger partial charge in [0, 0.05) is 11.1 Å². The number of quaternary nitrogens is 1. The molecule has 124 valence electrons. The molecule has 0 saturated heterocycles. The first-order valence-electron chi connectivity index (χ1n) is 7.73. The number of benzene rings is 2. The standard InChI is InChI=1S/C18H19N3O2S/c1-20(12-14-8-10-16(22-2)11-9-14)13-21-18(24)23-17(19-21)15-6-4-3-5-7-15/h3-11H,12-13H2,1-2H3/p+1. The third-order valence-electron chi connectivity index (χ3n) is 3.71. The van der Waals surface area contributed by atoms with Gasteiger partial charge in [0.05, 0.1) is 14.2 Å². The Bertz CT molecular complexity index is 841. The van der Waals surface area contributed by atoms with Crippen molar-refractivity contribution in [3.05, 3.63) is 65.0 Å². The molecule has 0 spiro atoms. The minimum absolute atomic E-state index is 0.392. The van der Waals surface area contributed by atoms with Crippen LogP contribution in [0.3, 0.4) is 0 Å². The van der Waals surface area contributed by atoms with Crippen LogP contribution in [-0.2, 0) is 13.2 Å². The Balaban J connectivity index is 1.69. The van der Waals surface area contributed by atoms with E-state index in [4.69, 9.17) is 21.4 Å². The van der Waals surface area contributed by atoms with Crippen LogP contribution in [0.5, 0.6) is 5.75 Å². The number of rotatable bonds is 6. The molecule has 24 heavy (non-hydrogen) atoms. The summed E-state index contributed by atoms with van der Waals surface area (Å²) in [6.45, 7) is 1.50. The largest absolute Gasteiger partial charge is 0.497 e. The van der Waals surface area contributed by atoms with Crippen molar-refractivity contribution < 1.29 is 14.1 Å². The lowest BCUT2D eigenvalue weighted by Crippen LogP contribution is -3.07. The van der Waals surface area contributed by atoms with Crippen molar-refractivity contribution in [2.75, 3.05) is 14.2 Å². The summed E-state index contributed by atoms with van der Waals surface area (Å²) < 4.78 is 12.5. The Morgan fingerprint density at radius 2 is 1.83 bits per heavy atom. The van der Waals surface area contributed by atoms with Crippen molar-refractivity contribution in [2.24, 2.45) is 0 Å². The van der Waals surface area contributed by atoms with Gasteiger partial charge in [-0.25, -0.2) is 0 Å². The fraction of sp³-hybridized carbons (Fsp3) is 0.222. The number of nitrogens with one attached hydrogen (secondary N) is 1. The van der Waals surface area contributed by atoms with Gasteiger partial charge in [-0.2, -0.15) is 4.68 Å². The van der Waals surface area contributed by atoms with Gasteiger partial charge in [-0.3, -0.25) is 0 Å². The molecule has 0 fully saturated rings. The molecule has 3 aromatic rings. The van der Waals surface area contributed by atoms with E-state index in [-0.39, 0.29) is 0 Å². The molecule has 0 saturated carbocycles. The smallest absolute Gasteiger partial charge is 0.292 e. The highest BCUT2D eigenvalue weighted by Crippen LogP contribution is 2.16. The average Bonchev–Trinajstić information content (AvgIpc) is 2.97. The van der Waals surface area contributed by atoms with E-state index < -0.39 is 0 Å². The van der Waals surface area contributed by atoms with E-state index in [1.165, 1.54) is 10.5 Å². The molecule has 0 aliphatic heterocycles. The van der Waals surface area contributed by atoms with Crippen LogP contribution in [0.2, 0.25) is 0 Å². The highest BCUT2D eigenvalue weighted by atomic mass is 32.1. The van der Waals surface area contributed by atoms with Crippen LogP contribution < -0.4 is 9.64 Å². The van der Waals surface area contributed by atoms with Crippen LogP contribution in [0.25, 0.3) is 11.5 Å². The van der Waals surface area contributed by atoms with E-state index in [1.807, 2.05) is 42.5 Å². The fourth-order valence-corrected chi connectivity index (χ4v) is 2.69. The van der Waals surface area contributed by atoms with Crippen molar-refractivity contribution in [1.82, 2.24) is 9.78 Å². The molecular weight excluding hydrogens is 322 g/mol. The molecular formula is C18H20N3O2S+. The van der Waals surface area contributed by atoms with Crippen LogP contribution in [0.1, 0.15) is 5.56 Å². The number of nitrogens with zero attached hydrogens (tertiary/aromatic N) is 2. The second kappa shape index (κ2) is 7.42. The van der Waals surface area contributed by atoms with Gasteiger partial charge < -0.3 is 14.1 Å². The van der Waals surface area contributed by atoms with Gasteiger partial charge >= 0.3 is 0 Å². The van der Waals surface area contributed by atoms with Crippen molar-refractivity contribution in [2.45, 2.75) is 13.2 Å². The summed E-state index contributed by atoms with van der Waals surface area (Å²) in [4.78, 5) is 1.65. The number of hydrogen-bond donors (Lipinski definition) is 1. The van der Waals surface area contributed by atoms with E-state index in [0.717, 1.165) is 17.9 Å². The van der Waals surface area contributed by atoms with Gasteiger partial charge in [0.25, 0.3) is 4.84 Å². The van der Waals surface area contributed by atoms with E-state index in [9.17, 15) is 0 Å². The van der Waals surface area contributed by atoms with Gasteiger partial charge in [0.2, 0.25) is 5.89 Å². The molecule has 1 N–H and O–H groups in total. The summed E-state index contributed by atoms with van der Waals surface area (Å²) in [6.07, 6.45) is 0. The summed E-state index contributed by atoms with van der Waals surface area (Å²) in [7, 11) is 3.77. The van der Waals surface area contributed by atoms with Crippen LogP contribution in [0.15, 0.2) is 59.0 Å². The Morgan fingerprint density at radius 3 is 2.50 bits per heavy atom. The fourth-order valence-electron chi connectivity index (χ4n) is 2.51. The molecule has 1 aromatic heterocycles. The Labute approximate surface area is 146 Å². The maximum absolute atomic E-state index is 5.62. The van der Waals surface area contributed by atoms with Gasteiger partial charge in [-0.15, -0.1) is 5.10 Å². The highest BCUT2D eigenvalue weighted by molar-refractivity contribution is 7.71. The molecule has 2 aromatic carbocycles. The molecule has 3 rings (SSSR count). The zero-order valence-electron chi connectivity index (χ0n) is 13.7. The van der Waals surface area contributed by atoms with Gasteiger partial charge in [-0.05, 0) is 48.6 Å². The molecule has 1 unspecified atom stereocenters. The highest BCUT2D eigenvalue weighted by Gasteiger charge is 2.11. The quantitative estimate of drug-likeness (QED) is 0.699. The number of ether oxygens (including phenoxy) is 1. The maximum Gasteiger partial charge on any atom is 0.292 e. The number of methoxy groups -OCH3 is 1. The maximum atomic E-state index is 5.62. The average molecular weight is 342 g/mol. The third kappa shape index (κ3) is 3.90. The third-order valence-corrected chi connectivity index (χ3v) is 4.01. The molecule has 1 heterocycles. The molecule has 0 aliphatic carbocycles. The summed E-state index contributed by atoms with van der Waals surface area (Å²) in [5, 5.41) is 4.49. The molecule has 0 bridgehead atoms. The first kappa shape index (κ1) is 16.4. The molecule has 0 radical (unpaired) electrons. The minimum atomic E-state index is 0.392. The number of aromatic nitrogens is 2. The summed E-state index contributed by atoms with van der Waals surface area (Å²) in [6, 6.07) is 17.9. The van der Waals surface area contributed by atoms with E-state index in [1.54, 1.807) is 11.8 Å². The second-order valence-electron chi connectivity index (χ2n) is 5.68. The minimum Gasteiger partial charge on any atom is -0.497 e. The van der Waals surface area contributed by atoms with Crippen LogP contribution in [0, 0.1) is 4.84 Å². The van der Waals surface area contributed by atoms with Gasteiger partial charge in [0.1, 0.15) is 12.3 Å². The predicted octanol–water partition coefficient (Wildman–Crippen LogP) is 2.55. The number of hydrogen-bond acceptors (Lipinski definition) is 4. The van der Waals surface area contributed by atoms with Crippen LogP contribution in [-0.4, -0.2) is 23.9 Å². The first-order valence-corrected chi connectivity index (χ1v) is 8.14. The Hall–Kier alpha value is -2.44. The normalized spacial score (nSPS) is 12.1. The van der Waals surface area contributed by atoms with Gasteiger partial charge in [0.15, 0.2) is 6.67 Å². The van der Waals surface area contributed by atoms with E-state index in [0.29, 0.717) is 17.4 Å². The van der Waals surface area contributed by atoms with Crippen LogP contribution >= 0.6 is 12.2 Å². The predicted molar refractivity (Wildman–Crippen MR) is 94.3 cm³/mol. The van der Waals surface area contributed by atoms with Crippen molar-refractivity contribution >= 4 is 12.2 Å². The van der Waals surface area contributed by atoms with Crippen molar-refractivity contribution in [1.29, 1.82) is 0 Å². The van der Waals surface area contributed by atoms with E-state index >= 15 is 0 Å². The van der Waals surface area contributed by atoms with Gasteiger partial charge in [-0.1, -0.05) is 18.2 Å². The monoisotopic (exact) mass is 342 g/mol. The topological polar surface area (TPSA) is 44.6 Å². The summed E-state index contributed by atoms with van der Waals surface area (Å²) in [5.41, 5.74) is 2.15. The first-order chi connectivity index (χ1) is 11.7. The molecule has 1 atom stereocenters. The zero-order chi connectivity index (χ0) is 16.9. The Kier molecular flexibility index (Phi) is 5.08. The van der Waals surface area contributed by atoms with Crippen LogP contribution in [0.4, 0.5) is 0 Å². The van der Waals surface area contributed by atoms with Crippen molar-refractivity contribution in [3.8, 4) is 17.2 Å². The summed E-state index contributed by atoms with van der Waals surface area (Å²) >= 11 is 5.29. The van der Waals surface area contributed by atoms with Crippen molar-refractivity contribution in [3.63, 3.8) is 0 Å². The lowest BCUT2D eigenvalue weighted by molar-refractivity contribution is -0.917. The molecule has 5 nitrogen and oxygen atoms in total. The SMILES string of the molecule is COc1ccc(C[NH+](C)Cn2nc(-c3ccccc3)oc2=S)cc1. The summed E-state index contributed by atoms with van der Waals surface area (Å²) in [5.74, 6) is 1.42. The lowest BCUT2D eigenvalue weighted by Gasteiger charge is -2.13.